The second kappa shape index (κ2) is 8.32. The van der Waals surface area contributed by atoms with Crippen molar-refractivity contribution in [2.45, 2.75) is 20.0 Å². The molecule has 1 unspecified atom stereocenters. The van der Waals surface area contributed by atoms with E-state index < -0.39 is 6.10 Å². The fourth-order valence-corrected chi connectivity index (χ4v) is 2.70. The van der Waals surface area contributed by atoms with Crippen molar-refractivity contribution in [2.24, 2.45) is 0 Å². The van der Waals surface area contributed by atoms with Gasteiger partial charge in [-0.1, -0.05) is 60.7 Å². The highest BCUT2D eigenvalue weighted by molar-refractivity contribution is 6.14. The maximum atomic E-state index is 12.8. The van der Waals surface area contributed by atoms with Crippen molar-refractivity contribution in [3.05, 3.63) is 95.6 Å². The molecule has 0 spiro atoms. The van der Waals surface area contributed by atoms with Crippen LogP contribution in [0.15, 0.2) is 78.9 Å². The van der Waals surface area contributed by atoms with Crippen LogP contribution in [0, 0.1) is 6.92 Å². The summed E-state index contributed by atoms with van der Waals surface area (Å²) in [6, 6.07) is 23.5. The van der Waals surface area contributed by atoms with E-state index in [0.717, 1.165) is 5.56 Å². The summed E-state index contributed by atoms with van der Waals surface area (Å²) in [5.41, 5.74) is 2.44. The Kier molecular flexibility index (Phi) is 5.67. The normalized spacial score (nSPS) is 11.5. The van der Waals surface area contributed by atoms with Crippen LogP contribution in [-0.4, -0.2) is 17.8 Å². The van der Waals surface area contributed by atoms with Gasteiger partial charge in [0.15, 0.2) is 11.9 Å². The lowest BCUT2D eigenvalue weighted by molar-refractivity contribution is -0.122. The van der Waals surface area contributed by atoms with E-state index in [1.807, 2.05) is 49.4 Å². The van der Waals surface area contributed by atoms with Gasteiger partial charge in [-0.3, -0.25) is 9.59 Å². The molecular formula is C23H21NO3. The van der Waals surface area contributed by atoms with Gasteiger partial charge in [0.25, 0.3) is 5.91 Å². The van der Waals surface area contributed by atoms with Crippen LogP contribution in [0.25, 0.3) is 0 Å². The van der Waals surface area contributed by atoms with Crippen molar-refractivity contribution in [3.63, 3.8) is 0 Å². The van der Waals surface area contributed by atoms with Crippen LogP contribution in [0.5, 0.6) is 5.75 Å². The van der Waals surface area contributed by atoms with Crippen LogP contribution < -0.4 is 10.1 Å². The molecule has 0 bridgehead atoms. The zero-order valence-corrected chi connectivity index (χ0v) is 15.3. The van der Waals surface area contributed by atoms with E-state index in [4.69, 9.17) is 4.74 Å². The van der Waals surface area contributed by atoms with E-state index in [9.17, 15) is 9.59 Å². The van der Waals surface area contributed by atoms with E-state index >= 15 is 0 Å². The number of nitrogens with one attached hydrogen (secondary N) is 1. The molecule has 1 atom stereocenters. The van der Waals surface area contributed by atoms with Crippen molar-refractivity contribution >= 4 is 17.4 Å². The van der Waals surface area contributed by atoms with Crippen LogP contribution >= 0.6 is 0 Å². The van der Waals surface area contributed by atoms with E-state index in [1.165, 1.54) is 0 Å². The number of ketones is 1. The van der Waals surface area contributed by atoms with Crippen molar-refractivity contribution in [2.75, 3.05) is 5.32 Å². The molecule has 3 aromatic carbocycles. The smallest absolute Gasteiger partial charge is 0.265 e. The highest BCUT2D eigenvalue weighted by Crippen LogP contribution is 2.21. The molecule has 4 nitrogen and oxygen atoms in total. The number of ether oxygens (including phenoxy) is 1. The fourth-order valence-electron chi connectivity index (χ4n) is 2.70. The first kappa shape index (κ1) is 18.4. The molecule has 4 heteroatoms. The molecule has 136 valence electrons. The Labute approximate surface area is 158 Å². The molecule has 27 heavy (non-hydrogen) atoms. The number of para-hydroxylation sites is 2. The van der Waals surface area contributed by atoms with Crippen molar-refractivity contribution in [1.82, 2.24) is 0 Å². The Morgan fingerprint density at radius 1 is 0.852 bits per heavy atom. The number of aryl methyl sites for hydroxylation is 1. The van der Waals surface area contributed by atoms with E-state index in [-0.39, 0.29) is 11.7 Å². The summed E-state index contributed by atoms with van der Waals surface area (Å²) in [4.78, 5) is 25.4. The Hall–Kier alpha value is -3.40. The van der Waals surface area contributed by atoms with Gasteiger partial charge in [0.05, 0.1) is 5.69 Å². The van der Waals surface area contributed by atoms with Crippen LogP contribution in [-0.2, 0) is 4.79 Å². The summed E-state index contributed by atoms with van der Waals surface area (Å²) < 4.78 is 5.77. The first-order chi connectivity index (χ1) is 13.1. The number of anilines is 1. The van der Waals surface area contributed by atoms with Gasteiger partial charge in [-0.05, 0) is 37.6 Å². The summed E-state index contributed by atoms with van der Waals surface area (Å²) in [6.07, 6.45) is -0.703. The van der Waals surface area contributed by atoms with Crippen molar-refractivity contribution < 1.29 is 14.3 Å². The molecular weight excluding hydrogens is 338 g/mol. The largest absolute Gasteiger partial charge is 0.481 e. The molecule has 3 aromatic rings. The topological polar surface area (TPSA) is 55.4 Å². The Balaban J connectivity index is 1.77. The van der Waals surface area contributed by atoms with Gasteiger partial charge in [0.2, 0.25) is 0 Å². The van der Waals surface area contributed by atoms with Crippen molar-refractivity contribution in [1.29, 1.82) is 0 Å². The maximum Gasteiger partial charge on any atom is 0.265 e. The number of rotatable bonds is 6. The predicted molar refractivity (Wildman–Crippen MR) is 106 cm³/mol. The predicted octanol–water partition coefficient (Wildman–Crippen LogP) is 4.63. The van der Waals surface area contributed by atoms with Crippen LogP contribution in [0.4, 0.5) is 5.69 Å². The third kappa shape index (κ3) is 4.42. The average molecular weight is 359 g/mol. The lowest BCUT2D eigenvalue weighted by atomic mass is 10.0. The van der Waals surface area contributed by atoms with Gasteiger partial charge in [-0.25, -0.2) is 0 Å². The minimum Gasteiger partial charge on any atom is -0.481 e. The van der Waals surface area contributed by atoms with Gasteiger partial charge >= 0.3 is 0 Å². The Morgan fingerprint density at radius 3 is 2.22 bits per heavy atom. The highest BCUT2D eigenvalue weighted by atomic mass is 16.5. The third-order valence-corrected chi connectivity index (χ3v) is 4.23. The number of hydrogen-bond acceptors (Lipinski definition) is 3. The molecule has 0 aromatic heterocycles. The molecule has 0 saturated carbocycles. The van der Waals surface area contributed by atoms with Crippen LogP contribution in [0.1, 0.15) is 28.4 Å². The van der Waals surface area contributed by atoms with Gasteiger partial charge in [-0.2, -0.15) is 0 Å². The van der Waals surface area contributed by atoms with Crippen LogP contribution in [0.3, 0.4) is 0 Å². The molecule has 0 saturated heterocycles. The monoisotopic (exact) mass is 359 g/mol. The lowest BCUT2D eigenvalue weighted by Gasteiger charge is -2.17. The van der Waals surface area contributed by atoms with E-state index in [1.54, 1.807) is 43.3 Å². The van der Waals surface area contributed by atoms with E-state index in [2.05, 4.69) is 5.32 Å². The molecule has 1 N–H and O–H groups in total. The summed E-state index contributed by atoms with van der Waals surface area (Å²) in [7, 11) is 0. The third-order valence-electron chi connectivity index (χ3n) is 4.23. The van der Waals surface area contributed by atoms with Gasteiger partial charge in [-0.15, -0.1) is 0 Å². The SMILES string of the molecule is Cc1ccccc1OC(C)C(=O)Nc1ccccc1C(=O)c1ccccc1. The quantitative estimate of drug-likeness (QED) is 0.653. The van der Waals surface area contributed by atoms with Crippen LogP contribution in [0.2, 0.25) is 0 Å². The van der Waals surface area contributed by atoms with Gasteiger partial charge < -0.3 is 10.1 Å². The maximum absolute atomic E-state index is 12.8. The number of benzene rings is 3. The average Bonchev–Trinajstić information content (AvgIpc) is 2.70. The first-order valence-corrected chi connectivity index (χ1v) is 8.78. The molecule has 0 fully saturated rings. The standard InChI is InChI=1S/C23H21NO3/c1-16-10-6-9-15-21(16)27-17(2)23(26)24-20-14-8-7-13-19(20)22(25)18-11-4-3-5-12-18/h3-15,17H,1-2H3,(H,24,26). The second-order valence-electron chi connectivity index (χ2n) is 6.26. The molecule has 1 amide bonds. The van der Waals surface area contributed by atoms with Crippen molar-refractivity contribution in [3.8, 4) is 5.75 Å². The number of carbonyl (C=O) groups excluding carboxylic acids is 2. The zero-order valence-electron chi connectivity index (χ0n) is 15.3. The summed E-state index contributed by atoms with van der Waals surface area (Å²) in [6.45, 7) is 3.61. The molecule has 0 heterocycles. The number of hydrogen-bond donors (Lipinski definition) is 1. The summed E-state index contributed by atoms with van der Waals surface area (Å²) in [5, 5.41) is 2.82. The zero-order chi connectivity index (χ0) is 19.2. The molecule has 0 aliphatic rings. The second-order valence-corrected chi connectivity index (χ2v) is 6.26. The highest BCUT2D eigenvalue weighted by Gasteiger charge is 2.19. The Morgan fingerprint density at radius 2 is 1.48 bits per heavy atom. The minimum atomic E-state index is -0.703. The van der Waals surface area contributed by atoms with Gasteiger partial charge in [0.1, 0.15) is 5.75 Å². The number of amides is 1. The summed E-state index contributed by atoms with van der Waals surface area (Å²) >= 11 is 0. The first-order valence-electron chi connectivity index (χ1n) is 8.78. The summed E-state index contributed by atoms with van der Waals surface area (Å²) in [5.74, 6) is 0.208. The molecule has 0 radical (unpaired) electrons. The fraction of sp³-hybridized carbons (Fsp3) is 0.130. The lowest BCUT2D eigenvalue weighted by Crippen LogP contribution is -2.31. The molecule has 3 rings (SSSR count). The minimum absolute atomic E-state index is 0.140. The number of carbonyl (C=O) groups is 2. The van der Waals surface area contributed by atoms with E-state index in [0.29, 0.717) is 22.6 Å². The van der Waals surface area contributed by atoms with Gasteiger partial charge in [0, 0.05) is 11.1 Å². The molecule has 0 aliphatic heterocycles. The Bertz CT molecular complexity index is 951. The molecule has 0 aliphatic carbocycles.